The van der Waals surface area contributed by atoms with Crippen molar-refractivity contribution >= 4 is 5.97 Å². The highest BCUT2D eigenvalue weighted by atomic mass is 16.7. The molecule has 79 heavy (non-hydrogen) atoms. The van der Waals surface area contributed by atoms with Crippen LogP contribution in [-0.4, -0.2) is 142 Å². The van der Waals surface area contributed by atoms with Crippen molar-refractivity contribution in [1.29, 1.82) is 0 Å². The van der Waals surface area contributed by atoms with Crippen molar-refractivity contribution in [2.75, 3.05) is 33.0 Å². The number of rotatable bonds is 51. The molecule has 14 heteroatoms. The molecule has 0 aromatic heterocycles. The minimum atomic E-state index is -1.71. The van der Waals surface area contributed by atoms with E-state index >= 15 is 0 Å². The second kappa shape index (κ2) is 51.1. The molecule has 0 radical (unpaired) electrons. The number of aliphatic hydroxyl groups excluding tert-OH is 7. The normalized spacial score (nSPS) is 24.5. The van der Waals surface area contributed by atoms with Crippen molar-refractivity contribution in [3.63, 3.8) is 0 Å². The summed E-state index contributed by atoms with van der Waals surface area (Å²) in [6.45, 7) is 3.58. The summed E-state index contributed by atoms with van der Waals surface area (Å²) in [4.78, 5) is 13.1. The molecule has 0 aromatic carbocycles. The number of esters is 1. The quantitative estimate of drug-likeness (QED) is 0.0172. The minimum absolute atomic E-state index is 0.0536. The second-order valence-corrected chi connectivity index (χ2v) is 21.8. The maximum atomic E-state index is 13.1. The molecule has 0 aromatic rings. The fraction of sp³-hybridized carbons (Fsp3) is 0.800. The van der Waals surface area contributed by atoms with Crippen LogP contribution < -0.4 is 0 Å². The molecule has 11 atom stereocenters. The molecule has 14 nitrogen and oxygen atoms in total. The third kappa shape index (κ3) is 37.3. The van der Waals surface area contributed by atoms with Crippen molar-refractivity contribution in [3.8, 4) is 0 Å². The Hall–Kier alpha value is -2.57. The molecule has 0 bridgehead atoms. The van der Waals surface area contributed by atoms with Gasteiger partial charge < -0.3 is 64.2 Å². The lowest BCUT2D eigenvalue weighted by Crippen LogP contribution is -2.61. The maximum Gasteiger partial charge on any atom is 0.306 e. The highest BCUT2D eigenvalue weighted by Crippen LogP contribution is 2.27. The predicted molar refractivity (Wildman–Crippen MR) is 316 cm³/mol. The average Bonchev–Trinajstić information content (AvgIpc) is 3.46. The first-order valence-electron chi connectivity index (χ1n) is 31.5. The zero-order chi connectivity index (χ0) is 57.2. The highest BCUT2D eigenvalue weighted by Gasteiger charge is 2.47. The summed E-state index contributed by atoms with van der Waals surface area (Å²) in [6, 6.07) is 0. The second-order valence-electron chi connectivity index (χ2n) is 21.8. The molecule has 458 valence electrons. The average molecular weight is 1120 g/mol. The summed E-state index contributed by atoms with van der Waals surface area (Å²) in [5.41, 5.74) is 0. The molecule has 0 amide bonds. The maximum absolute atomic E-state index is 13.1. The van der Waals surface area contributed by atoms with Gasteiger partial charge in [0.05, 0.1) is 26.4 Å². The van der Waals surface area contributed by atoms with Gasteiger partial charge in [0.2, 0.25) is 0 Å². The van der Waals surface area contributed by atoms with Gasteiger partial charge in [-0.3, -0.25) is 4.79 Å². The number of unbranched alkanes of at least 4 members (excludes halogenated alkanes) is 25. The van der Waals surface area contributed by atoms with Gasteiger partial charge in [0.1, 0.15) is 54.9 Å². The first-order valence-corrected chi connectivity index (χ1v) is 31.5. The van der Waals surface area contributed by atoms with E-state index in [9.17, 15) is 40.5 Å². The molecule has 2 rings (SSSR count). The lowest BCUT2D eigenvalue weighted by atomic mass is 9.98. The van der Waals surface area contributed by atoms with Crippen LogP contribution in [0, 0.1) is 0 Å². The van der Waals surface area contributed by atoms with Crippen molar-refractivity contribution in [3.05, 3.63) is 72.9 Å². The van der Waals surface area contributed by atoms with Crippen LogP contribution in [-0.2, 0) is 33.2 Å². The van der Waals surface area contributed by atoms with E-state index in [1.165, 1.54) is 122 Å². The van der Waals surface area contributed by atoms with E-state index < -0.39 is 80.7 Å². The summed E-state index contributed by atoms with van der Waals surface area (Å²) in [5, 5.41) is 72.5. The number of carbonyl (C=O) groups is 1. The highest BCUT2D eigenvalue weighted by molar-refractivity contribution is 5.69. The molecular weight excluding hydrogens is 1000 g/mol. The number of allylic oxidation sites excluding steroid dienone is 12. The molecule has 11 unspecified atom stereocenters. The van der Waals surface area contributed by atoms with Gasteiger partial charge in [0.15, 0.2) is 12.6 Å². The largest absolute Gasteiger partial charge is 0.457 e. The number of carbonyl (C=O) groups excluding carboxylic acids is 1. The molecule has 2 aliphatic rings. The Kier molecular flexibility index (Phi) is 46.9. The Morgan fingerprint density at radius 1 is 0.430 bits per heavy atom. The Morgan fingerprint density at radius 3 is 1.30 bits per heavy atom. The van der Waals surface area contributed by atoms with Gasteiger partial charge in [0.25, 0.3) is 0 Å². The third-order valence-corrected chi connectivity index (χ3v) is 14.7. The Labute approximate surface area is 478 Å². The number of ether oxygens (including phenoxy) is 6. The monoisotopic (exact) mass is 1120 g/mol. The van der Waals surface area contributed by atoms with Crippen LogP contribution in [0.4, 0.5) is 0 Å². The SMILES string of the molecule is CC/C=C\C/C=C\C/C=C\C/C=C\C/C=C\CCCCCCCCCC(=O)OC(COCCCCCCCCCCCC/C=C\CCCCCCCCCC)COC1OC(COC2OC(CO)C(O)C(O)C2O)C(O)C(O)C1O. The molecule has 7 N–H and O–H groups in total. The van der Waals surface area contributed by atoms with Crippen LogP contribution in [0.25, 0.3) is 0 Å². The van der Waals surface area contributed by atoms with E-state index in [1.54, 1.807) is 0 Å². The van der Waals surface area contributed by atoms with Gasteiger partial charge in [-0.15, -0.1) is 0 Å². The van der Waals surface area contributed by atoms with Crippen LogP contribution in [0.1, 0.15) is 232 Å². The summed E-state index contributed by atoms with van der Waals surface area (Å²) in [7, 11) is 0. The van der Waals surface area contributed by atoms with Crippen molar-refractivity contribution < 1.29 is 69.0 Å². The lowest BCUT2D eigenvalue weighted by molar-refractivity contribution is -0.332. The summed E-state index contributed by atoms with van der Waals surface area (Å²) in [5.74, 6) is -0.387. The van der Waals surface area contributed by atoms with Crippen molar-refractivity contribution in [2.24, 2.45) is 0 Å². The van der Waals surface area contributed by atoms with Gasteiger partial charge in [0, 0.05) is 13.0 Å². The van der Waals surface area contributed by atoms with Crippen LogP contribution >= 0.6 is 0 Å². The lowest BCUT2D eigenvalue weighted by Gasteiger charge is -2.42. The van der Waals surface area contributed by atoms with E-state index in [2.05, 4.69) is 86.8 Å². The van der Waals surface area contributed by atoms with E-state index in [4.69, 9.17) is 28.4 Å². The van der Waals surface area contributed by atoms with E-state index in [-0.39, 0.29) is 25.6 Å². The summed E-state index contributed by atoms with van der Waals surface area (Å²) < 4.78 is 34.5. The van der Waals surface area contributed by atoms with Gasteiger partial charge in [-0.1, -0.05) is 215 Å². The van der Waals surface area contributed by atoms with Crippen molar-refractivity contribution in [2.45, 2.75) is 300 Å². The van der Waals surface area contributed by atoms with Gasteiger partial charge in [-0.2, -0.15) is 0 Å². The van der Waals surface area contributed by atoms with Crippen LogP contribution in [0.3, 0.4) is 0 Å². The fourth-order valence-corrected chi connectivity index (χ4v) is 9.66. The Bertz CT molecular complexity index is 1580. The predicted octanol–water partition coefficient (Wildman–Crippen LogP) is 12.2. The molecule has 2 aliphatic heterocycles. The van der Waals surface area contributed by atoms with Crippen LogP contribution in [0.15, 0.2) is 72.9 Å². The number of hydrogen-bond donors (Lipinski definition) is 7. The molecule has 0 saturated carbocycles. The van der Waals surface area contributed by atoms with Gasteiger partial charge in [-0.05, 0) is 83.5 Å². The smallest absolute Gasteiger partial charge is 0.306 e. The van der Waals surface area contributed by atoms with Gasteiger partial charge in [-0.25, -0.2) is 0 Å². The fourth-order valence-electron chi connectivity index (χ4n) is 9.66. The van der Waals surface area contributed by atoms with Gasteiger partial charge >= 0.3 is 5.97 Å². The van der Waals surface area contributed by atoms with E-state index in [1.807, 2.05) is 0 Å². The molecule has 0 spiro atoms. The van der Waals surface area contributed by atoms with Crippen molar-refractivity contribution in [1.82, 2.24) is 0 Å². The Morgan fingerprint density at radius 2 is 0.823 bits per heavy atom. The zero-order valence-corrected chi connectivity index (χ0v) is 49.3. The Balaban J connectivity index is 1.69. The van der Waals surface area contributed by atoms with E-state index in [0.717, 1.165) is 83.5 Å². The number of aliphatic hydroxyl groups is 7. The number of hydrogen-bond acceptors (Lipinski definition) is 14. The zero-order valence-electron chi connectivity index (χ0n) is 49.3. The standard InChI is InChI=1S/C65H114O14/c1-3-5-7-9-11-13-15-17-19-21-23-25-27-28-30-32-34-36-38-40-42-44-46-48-57(67)77-54(51-74-49-47-45-43-41-39-37-35-33-31-29-26-24-22-20-18-16-14-12-10-8-6-4-2)52-75-64-63(73)61(71)59(69)56(79-64)53-76-65-62(72)60(70)58(68)55(50-66)78-65/h5,7,11,13,17,19,22-25,28,30,54-56,58-66,68-73H,3-4,6,8-10,12,14-16,18,20-21,26-27,29,31-53H2,1-2H3/b7-5-,13-11-,19-17-,24-22-,25-23-,30-28-. The molecule has 2 saturated heterocycles. The molecule has 2 fully saturated rings. The first-order chi connectivity index (χ1) is 38.6. The molecule has 2 heterocycles. The molecule has 0 aliphatic carbocycles. The third-order valence-electron chi connectivity index (χ3n) is 14.7. The first kappa shape index (κ1) is 72.5. The minimum Gasteiger partial charge on any atom is -0.457 e. The summed E-state index contributed by atoms with van der Waals surface area (Å²) in [6.07, 6.45) is 49.6. The topological polar surface area (TPSA) is 214 Å². The van der Waals surface area contributed by atoms with Crippen LogP contribution in [0.5, 0.6) is 0 Å². The van der Waals surface area contributed by atoms with E-state index in [0.29, 0.717) is 13.0 Å². The summed E-state index contributed by atoms with van der Waals surface area (Å²) >= 11 is 0. The van der Waals surface area contributed by atoms with Crippen LogP contribution in [0.2, 0.25) is 0 Å². The molecular formula is C65H114O14.